The fourth-order valence-electron chi connectivity index (χ4n) is 1.90. The number of hydrogen-bond acceptors (Lipinski definition) is 3. The van der Waals surface area contributed by atoms with E-state index in [-0.39, 0.29) is 6.04 Å². The molecule has 0 amide bonds. The molecule has 0 aliphatic carbocycles. The molecule has 0 fully saturated rings. The van der Waals surface area contributed by atoms with Crippen LogP contribution in [0.5, 0.6) is 0 Å². The number of nitrogens with zero attached hydrogens (tertiary/aromatic N) is 1. The minimum atomic E-state index is -0.560. The van der Waals surface area contributed by atoms with Crippen LogP contribution in [0.3, 0.4) is 0 Å². The van der Waals surface area contributed by atoms with Crippen molar-refractivity contribution in [2.24, 2.45) is 0 Å². The third kappa shape index (κ3) is 2.73. The normalized spacial score (nSPS) is 12.7. The molecule has 2 nitrogen and oxygen atoms in total. The Morgan fingerprint density at radius 1 is 1.28 bits per heavy atom. The van der Waals surface area contributed by atoms with Gasteiger partial charge in [0.05, 0.1) is 17.2 Å². The van der Waals surface area contributed by atoms with Crippen molar-refractivity contribution >= 4 is 11.3 Å². The molecule has 1 aromatic heterocycles. The molecule has 2 rings (SSSR count). The molecule has 96 valence electrons. The van der Waals surface area contributed by atoms with E-state index in [0.717, 1.165) is 16.6 Å². The van der Waals surface area contributed by atoms with Crippen molar-refractivity contribution in [3.8, 4) is 0 Å². The van der Waals surface area contributed by atoms with Crippen molar-refractivity contribution in [1.29, 1.82) is 0 Å². The first-order valence-electron chi connectivity index (χ1n) is 5.71. The second kappa shape index (κ2) is 5.54. The lowest BCUT2D eigenvalue weighted by molar-refractivity contribution is 0.566. The van der Waals surface area contributed by atoms with E-state index >= 15 is 0 Å². The van der Waals surface area contributed by atoms with Gasteiger partial charge < -0.3 is 5.32 Å². The number of benzene rings is 1. The number of nitrogens with one attached hydrogen (secondary N) is 1. The van der Waals surface area contributed by atoms with Crippen LogP contribution in [0, 0.1) is 18.6 Å². The van der Waals surface area contributed by atoms with Gasteiger partial charge in [-0.2, -0.15) is 0 Å². The molecule has 0 bridgehead atoms. The Balaban J connectivity index is 2.44. The Hall–Kier alpha value is -1.33. The van der Waals surface area contributed by atoms with Crippen molar-refractivity contribution in [2.45, 2.75) is 19.9 Å². The summed E-state index contributed by atoms with van der Waals surface area (Å²) in [6.07, 6.45) is 0. The standard InChI is InChI=1S/C13H14F2N2S/c1-3-16-12(13-8(2)17-7-18-13)9-4-10(14)6-11(15)5-9/h4-7,12,16H,3H2,1-2H3. The Bertz CT molecular complexity index is 519. The topological polar surface area (TPSA) is 24.9 Å². The van der Waals surface area contributed by atoms with Gasteiger partial charge in [-0.1, -0.05) is 6.92 Å². The van der Waals surface area contributed by atoms with E-state index in [1.54, 1.807) is 5.51 Å². The highest BCUT2D eigenvalue weighted by atomic mass is 32.1. The van der Waals surface area contributed by atoms with Gasteiger partial charge in [-0.15, -0.1) is 11.3 Å². The Kier molecular flexibility index (Phi) is 4.04. The predicted octanol–water partition coefficient (Wildman–Crippen LogP) is 3.43. The van der Waals surface area contributed by atoms with Gasteiger partial charge in [-0.25, -0.2) is 13.8 Å². The third-order valence-electron chi connectivity index (χ3n) is 2.67. The summed E-state index contributed by atoms with van der Waals surface area (Å²) in [6.45, 7) is 4.56. The monoisotopic (exact) mass is 268 g/mol. The largest absolute Gasteiger partial charge is 0.306 e. The molecule has 2 aromatic rings. The summed E-state index contributed by atoms with van der Waals surface area (Å²) in [4.78, 5) is 5.17. The zero-order valence-electron chi connectivity index (χ0n) is 10.2. The highest BCUT2D eigenvalue weighted by Crippen LogP contribution is 2.28. The van der Waals surface area contributed by atoms with E-state index in [4.69, 9.17) is 0 Å². The smallest absolute Gasteiger partial charge is 0.126 e. The number of aromatic nitrogens is 1. The molecule has 1 atom stereocenters. The van der Waals surface area contributed by atoms with Crippen LogP contribution in [0.15, 0.2) is 23.7 Å². The summed E-state index contributed by atoms with van der Waals surface area (Å²) in [7, 11) is 0. The second-order valence-corrected chi connectivity index (χ2v) is 4.88. The first-order valence-corrected chi connectivity index (χ1v) is 6.59. The van der Waals surface area contributed by atoms with Crippen LogP contribution in [-0.4, -0.2) is 11.5 Å². The Morgan fingerprint density at radius 2 is 1.94 bits per heavy atom. The second-order valence-electron chi connectivity index (χ2n) is 4.00. The van der Waals surface area contributed by atoms with E-state index < -0.39 is 11.6 Å². The van der Waals surface area contributed by atoms with Crippen molar-refractivity contribution in [3.05, 3.63) is 51.5 Å². The zero-order valence-corrected chi connectivity index (χ0v) is 11.0. The van der Waals surface area contributed by atoms with Crippen LogP contribution in [0.25, 0.3) is 0 Å². The van der Waals surface area contributed by atoms with Crippen LogP contribution >= 0.6 is 11.3 Å². The van der Waals surface area contributed by atoms with Gasteiger partial charge in [0.2, 0.25) is 0 Å². The molecule has 0 saturated heterocycles. The quantitative estimate of drug-likeness (QED) is 0.919. The lowest BCUT2D eigenvalue weighted by Gasteiger charge is -2.17. The molecule has 0 aliphatic rings. The molecule has 1 unspecified atom stereocenters. The summed E-state index contributed by atoms with van der Waals surface area (Å²) in [5, 5.41) is 3.23. The number of thiazole rings is 1. The highest BCUT2D eigenvalue weighted by molar-refractivity contribution is 7.09. The summed E-state index contributed by atoms with van der Waals surface area (Å²) in [6, 6.07) is 3.38. The van der Waals surface area contributed by atoms with E-state index in [9.17, 15) is 8.78 Å². The van der Waals surface area contributed by atoms with E-state index in [2.05, 4.69) is 10.3 Å². The molecular formula is C13H14F2N2S. The molecule has 18 heavy (non-hydrogen) atoms. The van der Waals surface area contributed by atoms with Gasteiger partial charge in [0.15, 0.2) is 0 Å². The minimum absolute atomic E-state index is 0.215. The summed E-state index contributed by atoms with van der Waals surface area (Å²) in [5.74, 6) is -1.12. The molecule has 0 aliphatic heterocycles. The Labute approximate surface area is 109 Å². The van der Waals surface area contributed by atoms with Crippen LogP contribution in [0.2, 0.25) is 0 Å². The lowest BCUT2D eigenvalue weighted by Crippen LogP contribution is -2.22. The number of halogens is 2. The molecule has 0 saturated carbocycles. The lowest BCUT2D eigenvalue weighted by atomic mass is 10.0. The van der Waals surface area contributed by atoms with Gasteiger partial charge in [-0.05, 0) is 31.2 Å². The van der Waals surface area contributed by atoms with Crippen LogP contribution in [0.4, 0.5) is 8.78 Å². The maximum absolute atomic E-state index is 13.3. The van der Waals surface area contributed by atoms with Crippen molar-refractivity contribution in [1.82, 2.24) is 10.3 Å². The highest BCUT2D eigenvalue weighted by Gasteiger charge is 2.18. The van der Waals surface area contributed by atoms with Gasteiger partial charge in [0, 0.05) is 10.9 Å². The maximum Gasteiger partial charge on any atom is 0.126 e. The van der Waals surface area contributed by atoms with Crippen molar-refractivity contribution < 1.29 is 8.78 Å². The Morgan fingerprint density at radius 3 is 2.44 bits per heavy atom. The maximum atomic E-state index is 13.3. The van der Waals surface area contributed by atoms with Gasteiger partial charge >= 0.3 is 0 Å². The van der Waals surface area contributed by atoms with E-state index in [1.807, 2.05) is 13.8 Å². The number of aryl methyl sites for hydroxylation is 1. The van der Waals surface area contributed by atoms with Gasteiger partial charge in [0.1, 0.15) is 11.6 Å². The van der Waals surface area contributed by atoms with E-state index in [0.29, 0.717) is 12.1 Å². The van der Waals surface area contributed by atoms with Crippen LogP contribution < -0.4 is 5.32 Å². The van der Waals surface area contributed by atoms with E-state index in [1.165, 1.54) is 23.5 Å². The summed E-state index contributed by atoms with van der Waals surface area (Å²) < 4.78 is 26.6. The van der Waals surface area contributed by atoms with Crippen LogP contribution in [0.1, 0.15) is 29.1 Å². The molecule has 1 heterocycles. The SMILES string of the molecule is CCNC(c1cc(F)cc(F)c1)c1scnc1C. The molecule has 1 aromatic carbocycles. The molecule has 5 heteroatoms. The number of hydrogen-bond donors (Lipinski definition) is 1. The zero-order chi connectivity index (χ0) is 13.1. The average Bonchev–Trinajstić information content (AvgIpc) is 2.71. The molecule has 1 N–H and O–H groups in total. The van der Waals surface area contributed by atoms with Crippen molar-refractivity contribution in [3.63, 3.8) is 0 Å². The fraction of sp³-hybridized carbons (Fsp3) is 0.308. The summed E-state index contributed by atoms with van der Waals surface area (Å²) in [5.41, 5.74) is 3.21. The number of rotatable bonds is 4. The average molecular weight is 268 g/mol. The molecular weight excluding hydrogens is 254 g/mol. The summed E-state index contributed by atoms with van der Waals surface area (Å²) >= 11 is 1.49. The fourth-order valence-corrected chi connectivity index (χ4v) is 2.80. The van der Waals surface area contributed by atoms with Crippen molar-refractivity contribution in [2.75, 3.05) is 6.54 Å². The first-order chi connectivity index (χ1) is 8.61. The predicted molar refractivity (Wildman–Crippen MR) is 68.7 cm³/mol. The minimum Gasteiger partial charge on any atom is -0.306 e. The van der Waals surface area contributed by atoms with Gasteiger partial charge in [0.25, 0.3) is 0 Å². The first kappa shape index (κ1) is 13.1. The molecule has 0 radical (unpaired) electrons. The van der Waals surface area contributed by atoms with Crippen LogP contribution in [-0.2, 0) is 0 Å². The third-order valence-corrected chi connectivity index (χ3v) is 3.67. The van der Waals surface area contributed by atoms with Gasteiger partial charge in [-0.3, -0.25) is 0 Å². The molecule has 0 spiro atoms.